The molecule has 0 fully saturated rings. The molecule has 96 valence electrons. The molecular weight excluding hydrogens is 260 g/mol. The maximum atomic E-state index is 11.7. The van der Waals surface area contributed by atoms with Gasteiger partial charge in [-0.25, -0.2) is 4.98 Å². The van der Waals surface area contributed by atoms with E-state index in [2.05, 4.69) is 10.3 Å². The second-order valence-corrected chi connectivity index (χ2v) is 4.42. The number of hydrogen-bond acceptors (Lipinski definition) is 2. The fraction of sp³-hybridized carbons (Fsp3) is 0.0667. The number of rotatable bonds is 3. The number of nitrogens with one attached hydrogen (secondary N) is 1. The van der Waals surface area contributed by atoms with Crippen LogP contribution >= 0.6 is 11.6 Å². The van der Waals surface area contributed by atoms with E-state index in [-0.39, 0.29) is 5.91 Å². The van der Waals surface area contributed by atoms with Crippen molar-refractivity contribution < 1.29 is 4.79 Å². The van der Waals surface area contributed by atoms with Crippen LogP contribution < -0.4 is 5.32 Å². The normalized spacial score (nSPS) is 10.6. The maximum Gasteiger partial charge on any atom is 0.249 e. The largest absolute Gasteiger partial charge is 0.307 e. The highest BCUT2D eigenvalue weighted by Gasteiger charge is 2.00. The summed E-state index contributed by atoms with van der Waals surface area (Å²) in [6, 6.07) is 12.8. The topological polar surface area (TPSA) is 42.0 Å². The summed E-state index contributed by atoms with van der Waals surface area (Å²) in [4.78, 5) is 15.9. The van der Waals surface area contributed by atoms with E-state index in [4.69, 9.17) is 11.6 Å². The monoisotopic (exact) mass is 272 g/mol. The molecule has 0 atom stereocenters. The van der Waals surface area contributed by atoms with E-state index in [9.17, 15) is 4.79 Å². The Labute approximate surface area is 116 Å². The lowest BCUT2D eigenvalue weighted by molar-refractivity contribution is -0.111. The first-order valence-corrected chi connectivity index (χ1v) is 6.20. The predicted molar refractivity (Wildman–Crippen MR) is 78.1 cm³/mol. The van der Waals surface area contributed by atoms with Crippen LogP contribution in [0.5, 0.6) is 0 Å². The number of carbonyl (C=O) groups excluding carboxylic acids is 1. The summed E-state index contributed by atoms with van der Waals surface area (Å²) >= 11 is 5.99. The Balaban J connectivity index is 2.04. The highest BCUT2D eigenvalue weighted by Crippen LogP contribution is 2.16. The van der Waals surface area contributed by atoms with Crippen LogP contribution in [-0.2, 0) is 4.79 Å². The van der Waals surface area contributed by atoms with Crippen LogP contribution in [0.25, 0.3) is 6.08 Å². The number of hydrogen-bond donors (Lipinski definition) is 1. The van der Waals surface area contributed by atoms with E-state index in [1.165, 1.54) is 6.08 Å². The number of carbonyl (C=O) groups is 1. The number of benzene rings is 1. The molecule has 1 aromatic carbocycles. The molecular formula is C15H13ClN2O. The van der Waals surface area contributed by atoms with Crippen molar-refractivity contribution in [1.82, 2.24) is 4.98 Å². The molecule has 1 amide bonds. The van der Waals surface area contributed by atoms with Gasteiger partial charge in [0.15, 0.2) is 0 Å². The maximum absolute atomic E-state index is 11.7. The van der Waals surface area contributed by atoms with Gasteiger partial charge in [0.2, 0.25) is 5.91 Å². The molecule has 0 aliphatic rings. The molecule has 0 radical (unpaired) electrons. The second kappa shape index (κ2) is 6.16. The van der Waals surface area contributed by atoms with E-state index in [1.54, 1.807) is 18.2 Å². The molecule has 0 aliphatic carbocycles. The van der Waals surface area contributed by atoms with Crippen LogP contribution in [0.3, 0.4) is 0 Å². The van der Waals surface area contributed by atoms with Crippen LogP contribution in [0.1, 0.15) is 11.3 Å². The zero-order valence-electron chi connectivity index (χ0n) is 10.4. The Bertz CT molecular complexity index is 623. The van der Waals surface area contributed by atoms with E-state index < -0.39 is 0 Å². The number of halogens is 1. The smallest absolute Gasteiger partial charge is 0.249 e. The van der Waals surface area contributed by atoms with E-state index in [0.717, 1.165) is 11.3 Å². The van der Waals surface area contributed by atoms with Crippen molar-refractivity contribution in [3.63, 3.8) is 0 Å². The average Bonchev–Trinajstić information content (AvgIpc) is 2.38. The van der Waals surface area contributed by atoms with Gasteiger partial charge >= 0.3 is 0 Å². The molecule has 1 N–H and O–H groups in total. The fourth-order valence-corrected chi connectivity index (χ4v) is 1.76. The lowest BCUT2D eigenvalue weighted by atomic mass is 10.2. The molecule has 2 rings (SSSR count). The van der Waals surface area contributed by atoms with Crippen molar-refractivity contribution >= 4 is 29.4 Å². The molecule has 0 saturated heterocycles. The van der Waals surface area contributed by atoms with Gasteiger partial charge in [0.1, 0.15) is 5.82 Å². The van der Waals surface area contributed by atoms with Gasteiger partial charge in [-0.1, -0.05) is 35.9 Å². The van der Waals surface area contributed by atoms with Crippen LogP contribution in [-0.4, -0.2) is 10.9 Å². The predicted octanol–water partition coefficient (Wildman–Crippen LogP) is 3.70. The molecule has 0 aliphatic heterocycles. The van der Waals surface area contributed by atoms with E-state index >= 15 is 0 Å². The van der Waals surface area contributed by atoms with Crippen LogP contribution in [0.2, 0.25) is 5.02 Å². The first-order chi connectivity index (χ1) is 9.15. The number of nitrogens with zero attached hydrogens (tertiary/aromatic N) is 1. The zero-order valence-corrected chi connectivity index (χ0v) is 11.2. The van der Waals surface area contributed by atoms with E-state index in [0.29, 0.717) is 10.8 Å². The van der Waals surface area contributed by atoms with Gasteiger partial charge in [-0.3, -0.25) is 4.79 Å². The third-order valence-electron chi connectivity index (χ3n) is 2.46. The van der Waals surface area contributed by atoms with Crippen molar-refractivity contribution in [2.45, 2.75) is 6.92 Å². The van der Waals surface area contributed by atoms with Gasteiger partial charge in [0, 0.05) is 16.8 Å². The minimum atomic E-state index is -0.238. The highest BCUT2D eigenvalue weighted by molar-refractivity contribution is 6.32. The molecule has 1 aromatic heterocycles. The molecule has 0 spiro atoms. The second-order valence-electron chi connectivity index (χ2n) is 4.01. The van der Waals surface area contributed by atoms with Crippen molar-refractivity contribution in [2.75, 3.05) is 5.32 Å². The van der Waals surface area contributed by atoms with Gasteiger partial charge in [0.05, 0.1) is 0 Å². The van der Waals surface area contributed by atoms with Gasteiger partial charge in [0.25, 0.3) is 0 Å². The highest BCUT2D eigenvalue weighted by atomic mass is 35.5. The standard InChI is InChI=1S/C15H13ClN2O/c1-11-5-4-8-14(17-11)18-15(19)10-9-12-6-2-3-7-13(12)16/h2-10H,1H3,(H,17,18,19)/b10-9+. The molecule has 19 heavy (non-hydrogen) atoms. The molecule has 0 unspecified atom stereocenters. The van der Waals surface area contributed by atoms with Crippen molar-refractivity contribution in [1.29, 1.82) is 0 Å². The van der Waals surface area contributed by atoms with Gasteiger partial charge < -0.3 is 5.32 Å². The Hall–Kier alpha value is -2.13. The number of pyridine rings is 1. The van der Waals surface area contributed by atoms with Crippen LogP contribution in [0, 0.1) is 6.92 Å². The number of aryl methyl sites for hydroxylation is 1. The Morgan fingerprint density at radius 3 is 2.74 bits per heavy atom. The Kier molecular flexibility index (Phi) is 4.31. The van der Waals surface area contributed by atoms with Crippen LogP contribution in [0.4, 0.5) is 5.82 Å². The first-order valence-electron chi connectivity index (χ1n) is 5.82. The number of anilines is 1. The molecule has 0 bridgehead atoms. The molecule has 0 saturated carbocycles. The van der Waals surface area contributed by atoms with Crippen LogP contribution in [0.15, 0.2) is 48.5 Å². The van der Waals surface area contributed by atoms with Gasteiger partial charge in [-0.05, 0) is 36.8 Å². The number of amides is 1. The summed E-state index contributed by atoms with van der Waals surface area (Å²) in [6.07, 6.45) is 3.11. The van der Waals surface area contributed by atoms with Gasteiger partial charge in [-0.2, -0.15) is 0 Å². The third-order valence-corrected chi connectivity index (χ3v) is 2.80. The SMILES string of the molecule is Cc1cccc(NC(=O)/C=C/c2ccccc2Cl)n1. The molecule has 1 heterocycles. The molecule has 2 aromatic rings. The summed E-state index contributed by atoms with van der Waals surface area (Å²) in [6.45, 7) is 1.87. The summed E-state index contributed by atoms with van der Waals surface area (Å²) in [5, 5.41) is 3.30. The molecule has 4 heteroatoms. The van der Waals surface area contributed by atoms with Gasteiger partial charge in [-0.15, -0.1) is 0 Å². The quantitative estimate of drug-likeness (QED) is 0.866. The Morgan fingerprint density at radius 2 is 2.00 bits per heavy atom. The number of aromatic nitrogens is 1. The molecule has 3 nitrogen and oxygen atoms in total. The minimum Gasteiger partial charge on any atom is -0.307 e. The Morgan fingerprint density at radius 1 is 1.21 bits per heavy atom. The summed E-state index contributed by atoms with van der Waals surface area (Å²) in [5.74, 6) is 0.298. The summed E-state index contributed by atoms with van der Waals surface area (Å²) < 4.78 is 0. The van der Waals surface area contributed by atoms with Crippen molar-refractivity contribution in [3.05, 3.63) is 64.8 Å². The average molecular weight is 273 g/mol. The first kappa shape index (κ1) is 13.3. The third kappa shape index (κ3) is 3.93. The summed E-state index contributed by atoms with van der Waals surface area (Å²) in [7, 11) is 0. The lowest BCUT2D eigenvalue weighted by Gasteiger charge is -2.02. The fourth-order valence-electron chi connectivity index (χ4n) is 1.56. The van der Waals surface area contributed by atoms with Crippen molar-refractivity contribution in [3.8, 4) is 0 Å². The summed E-state index contributed by atoms with van der Waals surface area (Å²) in [5.41, 5.74) is 1.66. The van der Waals surface area contributed by atoms with Crippen molar-refractivity contribution in [2.24, 2.45) is 0 Å². The van der Waals surface area contributed by atoms with E-state index in [1.807, 2.05) is 37.3 Å². The zero-order chi connectivity index (χ0) is 13.7. The lowest BCUT2D eigenvalue weighted by Crippen LogP contribution is -2.09. The minimum absolute atomic E-state index is 0.238.